The Morgan fingerprint density at radius 2 is 2.29 bits per heavy atom. The molecule has 2 aliphatic rings. The summed E-state index contributed by atoms with van der Waals surface area (Å²) < 4.78 is 11.1. The van der Waals surface area contributed by atoms with Crippen molar-refractivity contribution in [3.8, 4) is 0 Å². The fourth-order valence-electron chi connectivity index (χ4n) is 2.95. The molecule has 0 N–H and O–H groups in total. The van der Waals surface area contributed by atoms with Crippen LogP contribution in [0, 0.1) is 0 Å². The molecule has 126 valence electrons. The van der Waals surface area contributed by atoms with Gasteiger partial charge in [-0.2, -0.15) is 4.98 Å². The Kier molecular flexibility index (Phi) is 4.25. The first kappa shape index (κ1) is 15.3. The lowest BCUT2D eigenvalue weighted by Crippen LogP contribution is -2.43. The zero-order chi connectivity index (χ0) is 16.4. The van der Waals surface area contributed by atoms with Crippen LogP contribution in [0.4, 0.5) is 0 Å². The minimum atomic E-state index is 0.00208. The van der Waals surface area contributed by atoms with Gasteiger partial charge in [0.2, 0.25) is 5.89 Å². The first-order valence-corrected chi connectivity index (χ1v) is 8.43. The molecule has 2 fully saturated rings. The van der Waals surface area contributed by atoms with Gasteiger partial charge in [-0.1, -0.05) is 5.16 Å². The number of piperidine rings is 1. The predicted octanol–water partition coefficient (Wildman–Crippen LogP) is 2.16. The zero-order valence-electron chi connectivity index (χ0n) is 13.4. The molecule has 2 aromatic heterocycles. The van der Waals surface area contributed by atoms with Crippen LogP contribution in [0.1, 0.15) is 53.7 Å². The molecular formula is C17H20N4O3. The molecule has 1 aliphatic carbocycles. The number of carbonyl (C=O) groups excluding carboxylic acids is 1. The highest BCUT2D eigenvalue weighted by atomic mass is 16.5. The molecule has 1 aliphatic heterocycles. The summed E-state index contributed by atoms with van der Waals surface area (Å²) in [6.07, 6.45) is 7.40. The molecule has 0 bridgehead atoms. The molecule has 0 radical (unpaired) electrons. The van der Waals surface area contributed by atoms with Crippen molar-refractivity contribution in [2.24, 2.45) is 0 Å². The number of aromatic nitrogens is 3. The van der Waals surface area contributed by atoms with Crippen molar-refractivity contribution in [3.05, 3.63) is 41.8 Å². The molecule has 1 atom stereocenters. The van der Waals surface area contributed by atoms with E-state index in [-0.39, 0.29) is 12.0 Å². The minimum absolute atomic E-state index is 0.00208. The molecule has 7 heteroatoms. The second kappa shape index (κ2) is 6.68. The highest BCUT2D eigenvalue weighted by Crippen LogP contribution is 2.38. The number of hydrogen-bond acceptors (Lipinski definition) is 6. The van der Waals surface area contributed by atoms with Crippen molar-refractivity contribution in [1.82, 2.24) is 20.0 Å². The second-order valence-corrected chi connectivity index (χ2v) is 6.39. The molecular weight excluding hydrogens is 308 g/mol. The standard InChI is InChI=1S/C17H20N4O3/c22-17(13-3-1-7-18-9-13)21-8-2-4-14(10-21)23-11-15-19-16(24-20-15)12-5-6-12/h1,3,7,9,12,14H,2,4-6,8,10-11H2. The molecule has 0 aromatic carbocycles. The van der Waals surface area contributed by atoms with Crippen molar-refractivity contribution in [2.75, 3.05) is 13.1 Å². The predicted molar refractivity (Wildman–Crippen MR) is 84.2 cm³/mol. The van der Waals surface area contributed by atoms with Gasteiger partial charge in [-0.05, 0) is 37.8 Å². The first-order valence-electron chi connectivity index (χ1n) is 8.43. The van der Waals surface area contributed by atoms with Crippen LogP contribution in [0.15, 0.2) is 29.0 Å². The molecule has 0 spiro atoms. The fourth-order valence-corrected chi connectivity index (χ4v) is 2.95. The van der Waals surface area contributed by atoms with Gasteiger partial charge in [0.25, 0.3) is 5.91 Å². The van der Waals surface area contributed by atoms with Gasteiger partial charge in [0, 0.05) is 31.4 Å². The van der Waals surface area contributed by atoms with Gasteiger partial charge in [0.1, 0.15) is 6.61 Å². The Balaban J connectivity index is 1.32. The van der Waals surface area contributed by atoms with Gasteiger partial charge in [-0.25, -0.2) is 0 Å². The van der Waals surface area contributed by atoms with E-state index in [2.05, 4.69) is 15.1 Å². The van der Waals surface area contributed by atoms with E-state index in [9.17, 15) is 4.79 Å². The molecule has 3 heterocycles. The minimum Gasteiger partial charge on any atom is -0.368 e. The van der Waals surface area contributed by atoms with Crippen molar-refractivity contribution >= 4 is 5.91 Å². The van der Waals surface area contributed by atoms with Gasteiger partial charge in [0.05, 0.1) is 11.7 Å². The van der Waals surface area contributed by atoms with Crippen LogP contribution >= 0.6 is 0 Å². The molecule has 2 aromatic rings. The lowest BCUT2D eigenvalue weighted by molar-refractivity contribution is -0.00962. The smallest absolute Gasteiger partial charge is 0.255 e. The quantitative estimate of drug-likeness (QED) is 0.836. The summed E-state index contributed by atoms with van der Waals surface area (Å²) in [7, 11) is 0. The van der Waals surface area contributed by atoms with E-state index < -0.39 is 0 Å². The number of nitrogens with zero attached hydrogens (tertiary/aromatic N) is 4. The number of likely N-dealkylation sites (tertiary alicyclic amines) is 1. The van der Waals surface area contributed by atoms with Gasteiger partial charge in [-0.3, -0.25) is 9.78 Å². The Hall–Kier alpha value is -2.28. The van der Waals surface area contributed by atoms with Crippen molar-refractivity contribution in [2.45, 2.75) is 44.3 Å². The Morgan fingerprint density at radius 3 is 3.08 bits per heavy atom. The second-order valence-electron chi connectivity index (χ2n) is 6.39. The zero-order valence-corrected chi connectivity index (χ0v) is 13.4. The number of rotatable bonds is 5. The third-order valence-corrected chi connectivity index (χ3v) is 4.43. The van der Waals surface area contributed by atoms with Crippen molar-refractivity contribution < 1.29 is 14.1 Å². The maximum Gasteiger partial charge on any atom is 0.255 e. The summed E-state index contributed by atoms with van der Waals surface area (Å²) in [5, 5.41) is 3.96. The molecule has 1 saturated heterocycles. The highest BCUT2D eigenvalue weighted by molar-refractivity contribution is 5.93. The third kappa shape index (κ3) is 3.46. The van der Waals surface area contributed by atoms with Crippen LogP contribution in [0.5, 0.6) is 0 Å². The van der Waals surface area contributed by atoms with Crippen LogP contribution in [0.2, 0.25) is 0 Å². The largest absolute Gasteiger partial charge is 0.368 e. The van der Waals surface area contributed by atoms with Crippen LogP contribution in [-0.4, -0.2) is 45.1 Å². The van der Waals surface area contributed by atoms with Crippen molar-refractivity contribution in [1.29, 1.82) is 0 Å². The van der Waals surface area contributed by atoms with Crippen molar-refractivity contribution in [3.63, 3.8) is 0 Å². The van der Waals surface area contributed by atoms with E-state index in [1.165, 1.54) is 0 Å². The van der Waals surface area contributed by atoms with Gasteiger partial charge >= 0.3 is 0 Å². The third-order valence-electron chi connectivity index (χ3n) is 4.43. The van der Waals surface area contributed by atoms with E-state index in [1.807, 2.05) is 4.90 Å². The topological polar surface area (TPSA) is 81.4 Å². The summed E-state index contributed by atoms with van der Waals surface area (Å²) in [6.45, 7) is 1.67. The summed E-state index contributed by atoms with van der Waals surface area (Å²) in [4.78, 5) is 22.7. The normalized spacial score (nSPS) is 21.0. The first-order chi connectivity index (χ1) is 11.8. The SMILES string of the molecule is O=C(c1cccnc1)N1CCCC(OCc2noc(C3CC3)n2)C1. The van der Waals surface area contributed by atoms with E-state index >= 15 is 0 Å². The Bertz CT molecular complexity index is 699. The van der Waals surface area contributed by atoms with Gasteiger partial charge < -0.3 is 14.2 Å². The molecule has 24 heavy (non-hydrogen) atoms. The van der Waals surface area contributed by atoms with Crippen LogP contribution in [-0.2, 0) is 11.3 Å². The van der Waals surface area contributed by atoms with E-state index in [4.69, 9.17) is 9.26 Å². The average Bonchev–Trinajstić information content (AvgIpc) is 3.39. The fraction of sp³-hybridized carbons (Fsp3) is 0.529. The molecule has 1 unspecified atom stereocenters. The maximum absolute atomic E-state index is 12.5. The molecule has 1 amide bonds. The number of pyridine rings is 1. The van der Waals surface area contributed by atoms with E-state index in [1.54, 1.807) is 24.5 Å². The van der Waals surface area contributed by atoms with Crippen LogP contribution in [0.25, 0.3) is 0 Å². The number of hydrogen-bond donors (Lipinski definition) is 0. The molecule has 7 nitrogen and oxygen atoms in total. The van der Waals surface area contributed by atoms with E-state index in [0.29, 0.717) is 30.5 Å². The van der Waals surface area contributed by atoms with Crippen LogP contribution in [0.3, 0.4) is 0 Å². The lowest BCUT2D eigenvalue weighted by Gasteiger charge is -2.32. The number of carbonyl (C=O) groups is 1. The highest BCUT2D eigenvalue weighted by Gasteiger charge is 2.30. The lowest BCUT2D eigenvalue weighted by atomic mass is 10.1. The Labute approximate surface area is 140 Å². The summed E-state index contributed by atoms with van der Waals surface area (Å²) >= 11 is 0. The monoisotopic (exact) mass is 328 g/mol. The van der Waals surface area contributed by atoms with E-state index in [0.717, 1.165) is 38.1 Å². The summed E-state index contributed by atoms with van der Waals surface area (Å²) in [6, 6.07) is 3.57. The van der Waals surface area contributed by atoms with Crippen LogP contribution < -0.4 is 0 Å². The van der Waals surface area contributed by atoms with Gasteiger partial charge in [-0.15, -0.1) is 0 Å². The number of ether oxygens (including phenoxy) is 1. The molecule has 1 saturated carbocycles. The maximum atomic E-state index is 12.5. The summed E-state index contributed by atoms with van der Waals surface area (Å²) in [5.74, 6) is 1.78. The number of amides is 1. The average molecular weight is 328 g/mol. The summed E-state index contributed by atoms with van der Waals surface area (Å²) in [5.41, 5.74) is 0.616. The molecule has 4 rings (SSSR count). The van der Waals surface area contributed by atoms with Gasteiger partial charge in [0.15, 0.2) is 5.82 Å². The Morgan fingerprint density at radius 1 is 1.38 bits per heavy atom.